The predicted octanol–water partition coefficient (Wildman–Crippen LogP) is 43.8. The molecule has 12 nitrogen and oxygen atoms in total. The molecular formula is C108H228MoO12P6S12-6. The van der Waals surface area contributed by atoms with Gasteiger partial charge in [-0.3, -0.25) is 0 Å². The summed E-state index contributed by atoms with van der Waals surface area (Å²) < 4.78 is 67.6. The van der Waals surface area contributed by atoms with Gasteiger partial charge in [-0.1, -0.05) is 616 Å². The van der Waals surface area contributed by atoms with Crippen molar-refractivity contribution >= 4 is 178 Å². The smallest absolute Gasteiger partial charge is 0.0563 e. The van der Waals surface area contributed by atoms with Crippen LogP contribution in [0, 0.1) is 0 Å². The number of hydrogen-bond donors (Lipinski definition) is 0. The van der Waals surface area contributed by atoms with Crippen molar-refractivity contribution in [2.24, 2.45) is 0 Å². The third kappa shape index (κ3) is 153. The standard InChI is InChI=1S/6C18H39O2PS2.Mo/c6*1-3-5-7-9-11-13-15-17-19-21(22,23)20-18-16-14-12-10-8-6-4-2;/h6*3-18H2,1-2H3,(H,22,23);/p-6. The molecule has 0 rings (SSSR count). The zero-order valence-electron chi connectivity index (χ0n) is 92.8. The molecule has 0 aromatic heterocycles. The van der Waals surface area contributed by atoms with E-state index >= 15 is 0 Å². The van der Waals surface area contributed by atoms with Gasteiger partial charge in [0.1, 0.15) is 0 Å². The molecule has 139 heavy (non-hydrogen) atoms. The fourth-order valence-electron chi connectivity index (χ4n) is 15.0. The van der Waals surface area contributed by atoms with Crippen LogP contribution in [0.4, 0.5) is 0 Å². The Morgan fingerprint density at radius 2 is 0.158 bits per heavy atom. The van der Waals surface area contributed by atoms with E-state index in [0.29, 0.717) is 79.3 Å². The quantitative estimate of drug-likeness (QED) is 0.0249. The van der Waals surface area contributed by atoms with Gasteiger partial charge in [-0.05, 0) is 77.0 Å². The summed E-state index contributed by atoms with van der Waals surface area (Å²) in [6.45, 7) is 35.0. The van der Waals surface area contributed by atoms with Crippen molar-refractivity contribution in [1.82, 2.24) is 0 Å². The molecular weight excluding hydrogens is 2160 g/mol. The van der Waals surface area contributed by atoms with Gasteiger partial charge >= 0.3 is 0 Å². The first kappa shape index (κ1) is 158. The fourth-order valence-corrected chi connectivity index (χ4v) is 25.1. The summed E-state index contributed by atoms with van der Waals surface area (Å²) in [5.41, 5.74) is -14.4. The number of unbranched alkanes of at least 4 members (excludes halogenated alkanes) is 72. The van der Waals surface area contributed by atoms with Crippen LogP contribution in [-0.2, 0) is 220 Å². The van der Waals surface area contributed by atoms with Crippen molar-refractivity contribution in [2.75, 3.05) is 79.3 Å². The maximum Gasteiger partial charge on any atom is 0.0563 e. The minimum absolute atomic E-state index is 0. The van der Waals surface area contributed by atoms with Crippen molar-refractivity contribution in [3.05, 3.63) is 0 Å². The normalized spacial score (nSPS) is 11.9. The van der Waals surface area contributed by atoms with Gasteiger partial charge in [0, 0.05) is 21.1 Å². The molecule has 0 heterocycles. The summed E-state index contributed by atoms with van der Waals surface area (Å²) in [6, 6.07) is 0. The van der Waals surface area contributed by atoms with Crippen LogP contribution in [0.5, 0.6) is 0 Å². The van der Waals surface area contributed by atoms with Gasteiger partial charge < -0.3 is 128 Å². The Bertz CT molecular complexity index is 2030. The zero-order chi connectivity index (χ0) is 103. The van der Waals surface area contributed by atoms with Gasteiger partial charge in [-0.15, -0.1) is 0 Å². The van der Waals surface area contributed by atoms with Crippen LogP contribution < -0.4 is 0 Å². The van der Waals surface area contributed by atoms with Crippen LogP contribution in [0.25, 0.3) is 0 Å². The van der Waals surface area contributed by atoms with E-state index in [0.717, 1.165) is 77.0 Å². The molecule has 0 spiro atoms. The van der Waals surface area contributed by atoms with Gasteiger partial charge in [0.2, 0.25) is 0 Å². The molecule has 0 N–H and O–H groups in total. The van der Waals surface area contributed by atoms with Crippen molar-refractivity contribution in [3.63, 3.8) is 0 Å². The molecule has 0 saturated heterocycles. The summed E-state index contributed by atoms with van der Waals surface area (Å²) in [6.07, 6.45) is 107. The van der Waals surface area contributed by atoms with E-state index < -0.39 is 34.2 Å². The van der Waals surface area contributed by atoms with Crippen molar-refractivity contribution < 1.29 is 75.4 Å². The fraction of sp³-hybridized carbons (Fsp3) is 1.00. The predicted molar refractivity (Wildman–Crippen MR) is 657 cm³/mol. The van der Waals surface area contributed by atoms with E-state index in [1.54, 1.807) is 0 Å². The van der Waals surface area contributed by atoms with Crippen LogP contribution in [0.1, 0.15) is 622 Å². The Morgan fingerprint density at radius 1 is 0.108 bits per heavy atom. The monoisotopic (exact) mass is 2390 g/mol. The first-order chi connectivity index (χ1) is 66.7. The van der Waals surface area contributed by atoms with E-state index in [1.807, 2.05) is 0 Å². The average Bonchev–Trinajstić information content (AvgIpc) is 0.967. The van der Waals surface area contributed by atoms with Crippen molar-refractivity contribution in [1.29, 1.82) is 0 Å². The maximum absolute atomic E-state index is 5.64. The third-order valence-electron chi connectivity index (χ3n) is 24.0. The van der Waals surface area contributed by atoms with Crippen LogP contribution >= 0.6 is 34.2 Å². The van der Waals surface area contributed by atoms with Crippen LogP contribution in [-0.4, -0.2) is 79.3 Å². The molecule has 846 valence electrons. The molecule has 0 aliphatic rings. The maximum atomic E-state index is 5.64. The van der Waals surface area contributed by atoms with Crippen LogP contribution in [0.3, 0.4) is 0 Å². The molecule has 0 bridgehead atoms. The summed E-state index contributed by atoms with van der Waals surface area (Å²) >= 11 is 63.5. The van der Waals surface area contributed by atoms with Gasteiger partial charge in [0.15, 0.2) is 0 Å². The van der Waals surface area contributed by atoms with E-state index in [4.69, 9.17) is 199 Å². The molecule has 0 radical (unpaired) electrons. The summed E-state index contributed by atoms with van der Waals surface area (Å²) in [4.78, 5) is 0. The van der Waals surface area contributed by atoms with Gasteiger partial charge in [0.05, 0.1) is 113 Å². The molecule has 0 aromatic rings. The SMILES string of the molecule is CCCCCCCCCOP(=S)([S-])OCCCCCCCCC.CCCCCCCCCOP(=S)([S-])OCCCCCCCCC.CCCCCCCCCOP(=S)([S-])OCCCCCCCCC.CCCCCCCCCOP(=S)([S-])OCCCCCCCCC.CCCCCCCCCOP(=S)([S-])OCCCCCCCCC.CCCCCCCCCOP(=S)([S-])OCCCCCCCCC.[Mo]. The Kier molecular flexibility index (Phi) is 149. The first-order valence-corrected chi connectivity index (χ1v) is 80.2. The number of hydrogen-bond acceptors (Lipinski definition) is 24. The minimum atomic E-state index is -2.41. The van der Waals surface area contributed by atoms with Crippen LogP contribution in [0.15, 0.2) is 0 Å². The average molecular weight is 2390 g/mol. The van der Waals surface area contributed by atoms with Gasteiger partial charge in [0.25, 0.3) is 0 Å². The van der Waals surface area contributed by atoms with E-state index in [2.05, 4.69) is 83.1 Å². The second-order valence-corrected chi connectivity index (χ2v) is 68.1. The van der Waals surface area contributed by atoms with Crippen LogP contribution in [0.2, 0.25) is 0 Å². The Balaban J connectivity index is -0.000000300. The largest absolute Gasteiger partial charge is 0.691 e. The molecule has 0 unspecified atom stereocenters. The number of rotatable bonds is 108. The zero-order valence-corrected chi connectivity index (χ0v) is 110. The van der Waals surface area contributed by atoms with Crippen molar-refractivity contribution in [2.45, 2.75) is 622 Å². The second kappa shape index (κ2) is 131. The molecule has 0 fully saturated rings. The summed E-state index contributed by atoms with van der Waals surface area (Å²) in [5.74, 6) is 0. The molecule has 31 heteroatoms. The minimum Gasteiger partial charge on any atom is -0.691 e. The molecule has 0 aliphatic heterocycles. The van der Waals surface area contributed by atoms with E-state index in [9.17, 15) is 0 Å². The Labute approximate surface area is 946 Å². The van der Waals surface area contributed by atoms with Gasteiger partial charge in [-0.2, -0.15) is 0 Å². The van der Waals surface area contributed by atoms with Gasteiger partial charge in [-0.25, -0.2) is 0 Å². The molecule has 0 atom stereocenters. The van der Waals surface area contributed by atoms with E-state index in [1.165, 1.54) is 462 Å². The molecule has 0 aliphatic carbocycles. The molecule has 0 saturated carbocycles. The topological polar surface area (TPSA) is 111 Å². The second-order valence-electron chi connectivity index (χ2n) is 38.1. The van der Waals surface area contributed by atoms with E-state index in [-0.39, 0.29) is 21.1 Å². The Hall–Kier alpha value is 6.21. The Morgan fingerprint density at radius 3 is 0.216 bits per heavy atom. The van der Waals surface area contributed by atoms with Crippen molar-refractivity contribution in [3.8, 4) is 0 Å². The first-order valence-electron chi connectivity index (χ1n) is 58.3. The molecule has 0 amide bonds. The summed E-state index contributed by atoms with van der Waals surface area (Å²) in [5, 5.41) is 0. The summed E-state index contributed by atoms with van der Waals surface area (Å²) in [7, 11) is 0. The molecule has 0 aromatic carbocycles. The third-order valence-corrected chi connectivity index (χ3v) is 37.5.